The van der Waals surface area contributed by atoms with Crippen molar-refractivity contribution in [3.8, 4) is 11.6 Å². The van der Waals surface area contributed by atoms with Crippen LogP contribution in [0, 0.1) is 6.92 Å². The van der Waals surface area contributed by atoms with Gasteiger partial charge in [0.1, 0.15) is 6.33 Å². The van der Waals surface area contributed by atoms with E-state index >= 15 is 0 Å². The van der Waals surface area contributed by atoms with Gasteiger partial charge in [-0.15, -0.1) is 5.10 Å². The molecular formula is C8H9N3O. The van der Waals surface area contributed by atoms with Crippen LogP contribution in [0.15, 0.2) is 23.1 Å². The van der Waals surface area contributed by atoms with Crippen LogP contribution in [0.25, 0.3) is 11.6 Å². The Balaban J connectivity index is 2.43. The van der Waals surface area contributed by atoms with Gasteiger partial charge in [-0.3, -0.25) is 4.68 Å². The fourth-order valence-corrected chi connectivity index (χ4v) is 1.00. The van der Waals surface area contributed by atoms with Crippen LogP contribution in [0.5, 0.6) is 0 Å². The van der Waals surface area contributed by atoms with Crippen molar-refractivity contribution in [2.75, 3.05) is 0 Å². The summed E-state index contributed by atoms with van der Waals surface area (Å²) in [7, 11) is 1.83. The Labute approximate surface area is 69.8 Å². The SMILES string of the molecule is Cc1coc(-c2ncn(C)n2)c1. The number of rotatable bonds is 1. The van der Waals surface area contributed by atoms with E-state index in [0.29, 0.717) is 11.6 Å². The minimum Gasteiger partial charge on any atom is -0.461 e. The summed E-state index contributed by atoms with van der Waals surface area (Å²) in [5.74, 6) is 1.35. The normalized spacial score (nSPS) is 10.5. The maximum atomic E-state index is 5.23. The molecule has 2 rings (SSSR count). The van der Waals surface area contributed by atoms with Crippen molar-refractivity contribution >= 4 is 0 Å². The molecule has 0 saturated heterocycles. The Kier molecular flexibility index (Phi) is 1.46. The molecule has 0 aromatic carbocycles. The lowest BCUT2D eigenvalue weighted by atomic mass is 10.3. The highest BCUT2D eigenvalue weighted by atomic mass is 16.3. The van der Waals surface area contributed by atoms with Crippen molar-refractivity contribution in [3.05, 3.63) is 24.2 Å². The highest BCUT2D eigenvalue weighted by Gasteiger charge is 2.05. The summed E-state index contributed by atoms with van der Waals surface area (Å²) in [5, 5.41) is 4.11. The van der Waals surface area contributed by atoms with Gasteiger partial charge in [0.2, 0.25) is 5.82 Å². The van der Waals surface area contributed by atoms with Crippen molar-refractivity contribution in [2.24, 2.45) is 7.05 Å². The van der Waals surface area contributed by atoms with E-state index in [1.54, 1.807) is 17.3 Å². The van der Waals surface area contributed by atoms with E-state index in [0.717, 1.165) is 5.56 Å². The minimum atomic E-state index is 0.630. The van der Waals surface area contributed by atoms with Crippen molar-refractivity contribution < 1.29 is 4.42 Å². The highest BCUT2D eigenvalue weighted by Crippen LogP contribution is 2.16. The molecule has 0 N–H and O–H groups in total. The van der Waals surface area contributed by atoms with Crippen LogP contribution in [0.3, 0.4) is 0 Å². The molecule has 0 aliphatic heterocycles. The minimum absolute atomic E-state index is 0.630. The molecular weight excluding hydrogens is 154 g/mol. The monoisotopic (exact) mass is 163 g/mol. The first kappa shape index (κ1) is 7.09. The van der Waals surface area contributed by atoms with Crippen molar-refractivity contribution in [2.45, 2.75) is 6.92 Å². The molecule has 0 aliphatic carbocycles. The van der Waals surface area contributed by atoms with E-state index in [1.807, 2.05) is 20.0 Å². The third-order valence-corrected chi connectivity index (χ3v) is 1.55. The van der Waals surface area contributed by atoms with E-state index in [9.17, 15) is 0 Å². The predicted molar refractivity (Wildman–Crippen MR) is 43.4 cm³/mol. The average molecular weight is 163 g/mol. The zero-order chi connectivity index (χ0) is 8.55. The summed E-state index contributed by atoms with van der Waals surface area (Å²) >= 11 is 0. The van der Waals surface area contributed by atoms with Crippen molar-refractivity contribution in [1.82, 2.24) is 14.8 Å². The van der Waals surface area contributed by atoms with Gasteiger partial charge in [-0.2, -0.15) is 0 Å². The molecule has 0 unspecified atom stereocenters. The fourth-order valence-electron chi connectivity index (χ4n) is 1.00. The lowest BCUT2D eigenvalue weighted by molar-refractivity contribution is 0.574. The summed E-state index contributed by atoms with van der Waals surface area (Å²) < 4.78 is 6.87. The Morgan fingerprint density at radius 2 is 2.33 bits per heavy atom. The highest BCUT2D eigenvalue weighted by molar-refractivity contribution is 5.46. The van der Waals surface area contributed by atoms with Gasteiger partial charge in [0.15, 0.2) is 5.76 Å². The van der Waals surface area contributed by atoms with Crippen LogP contribution in [-0.2, 0) is 7.05 Å². The van der Waals surface area contributed by atoms with Crippen molar-refractivity contribution in [1.29, 1.82) is 0 Å². The van der Waals surface area contributed by atoms with Crippen LogP contribution in [-0.4, -0.2) is 14.8 Å². The molecule has 2 aromatic heterocycles. The smallest absolute Gasteiger partial charge is 0.216 e. The molecule has 0 saturated carbocycles. The van der Waals surface area contributed by atoms with Gasteiger partial charge < -0.3 is 4.42 Å². The van der Waals surface area contributed by atoms with E-state index < -0.39 is 0 Å². The van der Waals surface area contributed by atoms with Crippen LogP contribution in [0.1, 0.15) is 5.56 Å². The van der Waals surface area contributed by atoms with Crippen LogP contribution >= 0.6 is 0 Å². The van der Waals surface area contributed by atoms with E-state index in [-0.39, 0.29) is 0 Å². The molecule has 0 bridgehead atoms. The second-order valence-electron chi connectivity index (χ2n) is 2.73. The fraction of sp³-hybridized carbons (Fsp3) is 0.250. The topological polar surface area (TPSA) is 43.9 Å². The third kappa shape index (κ3) is 1.11. The number of aryl methyl sites for hydroxylation is 2. The lowest BCUT2D eigenvalue weighted by Crippen LogP contribution is -1.86. The Morgan fingerprint density at radius 3 is 2.83 bits per heavy atom. The summed E-state index contributed by atoms with van der Waals surface area (Å²) in [4.78, 5) is 4.06. The van der Waals surface area contributed by atoms with Crippen LogP contribution < -0.4 is 0 Å². The molecule has 4 heteroatoms. The Bertz CT molecular complexity index is 350. The molecule has 2 aromatic rings. The first-order valence-electron chi connectivity index (χ1n) is 3.67. The van der Waals surface area contributed by atoms with Crippen LogP contribution in [0.2, 0.25) is 0 Å². The number of hydrogen-bond acceptors (Lipinski definition) is 3. The summed E-state index contributed by atoms with van der Waals surface area (Å²) in [5.41, 5.74) is 1.08. The molecule has 0 spiro atoms. The summed E-state index contributed by atoms with van der Waals surface area (Å²) in [6.45, 7) is 1.97. The van der Waals surface area contributed by atoms with Gasteiger partial charge in [0.05, 0.1) is 6.26 Å². The quantitative estimate of drug-likeness (QED) is 0.638. The number of aromatic nitrogens is 3. The summed E-state index contributed by atoms with van der Waals surface area (Å²) in [6.07, 6.45) is 3.33. The molecule has 0 radical (unpaired) electrons. The van der Waals surface area contributed by atoms with Crippen LogP contribution in [0.4, 0.5) is 0 Å². The number of furan rings is 1. The van der Waals surface area contributed by atoms with Gasteiger partial charge in [-0.1, -0.05) is 0 Å². The molecule has 12 heavy (non-hydrogen) atoms. The van der Waals surface area contributed by atoms with Gasteiger partial charge in [0, 0.05) is 7.05 Å². The maximum absolute atomic E-state index is 5.23. The first-order valence-corrected chi connectivity index (χ1v) is 3.67. The van der Waals surface area contributed by atoms with Gasteiger partial charge >= 0.3 is 0 Å². The number of hydrogen-bond donors (Lipinski definition) is 0. The molecule has 0 aliphatic rings. The van der Waals surface area contributed by atoms with Crippen molar-refractivity contribution in [3.63, 3.8) is 0 Å². The first-order chi connectivity index (χ1) is 5.75. The van der Waals surface area contributed by atoms with Gasteiger partial charge in [0.25, 0.3) is 0 Å². The third-order valence-electron chi connectivity index (χ3n) is 1.55. The Morgan fingerprint density at radius 1 is 1.50 bits per heavy atom. The molecule has 4 nitrogen and oxygen atoms in total. The maximum Gasteiger partial charge on any atom is 0.216 e. The van der Waals surface area contributed by atoms with E-state index in [1.165, 1.54) is 0 Å². The molecule has 0 atom stereocenters. The lowest BCUT2D eigenvalue weighted by Gasteiger charge is -1.84. The zero-order valence-corrected chi connectivity index (χ0v) is 6.98. The number of nitrogens with zero attached hydrogens (tertiary/aromatic N) is 3. The largest absolute Gasteiger partial charge is 0.461 e. The van der Waals surface area contributed by atoms with Gasteiger partial charge in [-0.05, 0) is 18.6 Å². The molecule has 0 fully saturated rings. The Hall–Kier alpha value is -1.58. The summed E-state index contributed by atoms with van der Waals surface area (Å²) in [6, 6.07) is 1.91. The van der Waals surface area contributed by atoms with Gasteiger partial charge in [-0.25, -0.2) is 4.98 Å². The van der Waals surface area contributed by atoms with E-state index in [2.05, 4.69) is 10.1 Å². The zero-order valence-electron chi connectivity index (χ0n) is 6.98. The predicted octanol–water partition coefficient (Wildman–Crippen LogP) is 1.38. The molecule has 62 valence electrons. The molecule has 2 heterocycles. The molecule has 0 amide bonds. The second-order valence-corrected chi connectivity index (χ2v) is 2.73. The average Bonchev–Trinajstić information content (AvgIpc) is 2.58. The second kappa shape index (κ2) is 2.48. The van der Waals surface area contributed by atoms with E-state index in [4.69, 9.17) is 4.42 Å². The standard InChI is InChI=1S/C8H9N3O/c1-6-3-7(12-4-6)8-9-5-11(2)10-8/h3-5H,1-2H3.